The number of carbonyl (C=O) groups is 2. The first kappa shape index (κ1) is 20.2. The van der Waals surface area contributed by atoms with E-state index in [1.807, 2.05) is 18.9 Å². The summed E-state index contributed by atoms with van der Waals surface area (Å²) in [6, 6.07) is 0. The summed E-state index contributed by atoms with van der Waals surface area (Å²) in [5.74, 6) is 0.854. The average Bonchev–Trinajstić information content (AvgIpc) is 2.49. The second-order valence-corrected chi connectivity index (χ2v) is 5.57. The molecule has 2 amide bonds. The molecule has 1 rings (SSSR count). The molecule has 0 aromatic carbocycles. The van der Waals surface area contributed by atoms with E-state index in [-0.39, 0.29) is 24.2 Å². The first-order valence-electron chi connectivity index (χ1n) is 7.86. The van der Waals surface area contributed by atoms with Gasteiger partial charge in [-0.2, -0.15) is 0 Å². The Kier molecular flexibility index (Phi) is 11.4. The van der Waals surface area contributed by atoms with Crippen LogP contribution in [-0.4, -0.2) is 49.9 Å². The van der Waals surface area contributed by atoms with E-state index in [4.69, 9.17) is 0 Å². The van der Waals surface area contributed by atoms with Gasteiger partial charge in [0.25, 0.3) is 0 Å². The summed E-state index contributed by atoms with van der Waals surface area (Å²) in [4.78, 5) is 25.4. The van der Waals surface area contributed by atoms with Gasteiger partial charge in [0.05, 0.1) is 0 Å². The molecule has 124 valence electrons. The summed E-state index contributed by atoms with van der Waals surface area (Å²) in [6.07, 6.45) is 4.97. The normalized spacial score (nSPS) is 15.4. The van der Waals surface area contributed by atoms with E-state index in [1.54, 1.807) is 0 Å². The van der Waals surface area contributed by atoms with E-state index in [1.165, 1.54) is 6.42 Å². The zero-order valence-electron chi connectivity index (χ0n) is 13.3. The summed E-state index contributed by atoms with van der Waals surface area (Å²) >= 11 is 0. The van der Waals surface area contributed by atoms with Crippen LogP contribution in [0, 0.1) is 5.92 Å². The van der Waals surface area contributed by atoms with Crippen molar-refractivity contribution in [3.63, 3.8) is 0 Å². The highest BCUT2D eigenvalue weighted by molar-refractivity contribution is 5.85. The van der Waals surface area contributed by atoms with Crippen molar-refractivity contribution in [2.75, 3.05) is 33.2 Å². The Bertz CT molecular complexity index is 305. The fourth-order valence-corrected chi connectivity index (χ4v) is 2.55. The smallest absolute Gasteiger partial charge is 0.223 e. The van der Waals surface area contributed by atoms with E-state index in [0.29, 0.717) is 19.4 Å². The number of rotatable bonds is 8. The lowest BCUT2D eigenvalue weighted by molar-refractivity contribution is -0.134. The second-order valence-electron chi connectivity index (χ2n) is 5.57. The van der Waals surface area contributed by atoms with Gasteiger partial charge in [-0.1, -0.05) is 6.92 Å². The van der Waals surface area contributed by atoms with E-state index < -0.39 is 0 Å². The predicted molar refractivity (Wildman–Crippen MR) is 87.6 cm³/mol. The molecule has 5 nitrogen and oxygen atoms in total. The van der Waals surface area contributed by atoms with Crippen LogP contribution in [0.3, 0.4) is 0 Å². The minimum Gasteiger partial charge on any atom is -0.356 e. The molecule has 1 aliphatic rings. The maximum atomic E-state index is 12.0. The van der Waals surface area contributed by atoms with E-state index in [2.05, 4.69) is 10.6 Å². The molecule has 0 atom stereocenters. The lowest BCUT2D eigenvalue weighted by Gasteiger charge is -2.32. The molecule has 6 heteroatoms. The van der Waals surface area contributed by atoms with Crippen molar-refractivity contribution in [3.05, 3.63) is 0 Å². The van der Waals surface area contributed by atoms with Gasteiger partial charge in [0.2, 0.25) is 11.8 Å². The highest BCUT2D eigenvalue weighted by Crippen LogP contribution is 2.20. The summed E-state index contributed by atoms with van der Waals surface area (Å²) < 4.78 is 0. The van der Waals surface area contributed by atoms with Crippen LogP contribution in [0.2, 0.25) is 0 Å². The molecular formula is C15H30ClN3O2. The number of amides is 2. The number of likely N-dealkylation sites (tertiary alicyclic amines) is 1. The lowest BCUT2D eigenvalue weighted by atomic mass is 9.93. The Balaban J connectivity index is 0.00000400. The fraction of sp³-hybridized carbons (Fsp3) is 0.867. The third-order valence-electron chi connectivity index (χ3n) is 3.91. The molecular weight excluding hydrogens is 290 g/mol. The number of carbonyl (C=O) groups excluding carboxylic acids is 2. The molecule has 1 saturated heterocycles. The van der Waals surface area contributed by atoms with Crippen molar-refractivity contribution >= 4 is 24.2 Å². The van der Waals surface area contributed by atoms with Crippen LogP contribution in [0.5, 0.6) is 0 Å². The topological polar surface area (TPSA) is 61.4 Å². The van der Waals surface area contributed by atoms with Crippen molar-refractivity contribution in [2.24, 2.45) is 5.92 Å². The maximum absolute atomic E-state index is 12.0. The Morgan fingerprint density at radius 2 is 1.81 bits per heavy atom. The minimum absolute atomic E-state index is 0. The number of hydrogen-bond donors (Lipinski definition) is 2. The van der Waals surface area contributed by atoms with E-state index in [9.17, 15) is 9.59 Å². The Morgan fingerprint density at radius 3 is 2.38 bits per heavy atom. The first-order chi connectivity index (χ1) is 9.67. The number of hydrogen-bond acceptors (Lipinski definition) is 3. The van der Waals surface area contributed by atoms with Crippen LogP contribution >= 0.6 is 12.4 Å². The molecule has 1 aliphatic heterocycles. The van der Waals surface area contributed by atoms with Gasteiger partial charge in [-0.15, -0.1) is 12.4 Å². The highest BCUT2D eigenvalue weighted by Gasteiger charge is 2.22. The third-order valence-corrected chi connectivity index (χ3v) is 3.91. The Labute approximate surface area is 134 Å². The SMILES string of the molecule is CCCNC(=O)CCC(=O)N1CCC(CCNC)CC1.Cl. The van der Waals surface area contributed by atoms with Crippen molar-refractivity contribution in [1.29, 1.82) is 0 Å². The molecule has 21 heavy (non-hydrogen) atoms. The van der Waals surface area contributed by atoms with Crippen LogP contribution in [0.4, 0.5) is 0 Å². The summed E-state index contributed by atoms with van der Waals surface area (Å²) in [5, 5.41) is 5.98. The molecule has 1 fully saturated rings. The van der Waals surface area contributed by atoms with Crippen molar-refractivity contribution in [1.82, 2.24) is 15.5 Å². The standard InChI is InChI=1S/C15H29N3O2.ClH/c1-3-9-17-14(19)4-5-15(20)18-11-7-13(8-12-18)6-10-16-2;/h13,16H,3-12H2,1-2H3,(H,17,19);1H. The van der Waals surface area contributed by atoms with Gasteiger partial charge in [-0.25, -0.2) is 0 Å². The number of nitrogens with zero attached hydrogens (tertiary/aromatic N) is 1. The predicted octanol–water partition coefficient (Wildman–Crippen LogP) is 1.56. The molecule has 2 N–H and O–H groups in total. The van der Waals surface area contributed by atoms with Gasteiger partial charge >= 0.3 is 0 Å². The van der Waals surface area contributed by atoms with Crippen molar-refractivity contribution in [3.8, 4) is 0 Å². The largest absolute Gasteiger partial charge is 0.356 e. The van der Waals surface area contributed by atoms with Gasteiger partial charge in [-0.3, -0.25) is 9.59 Å². The Hall–Kier alpha value is -0.810. The molecule has 0 radical (unpaired) electrons. The van der Waals surface area contributed by atoms with Crippen LogP contribution in [0.15, 0.2) is 0 Å². The first-order valence-corrected chi connectivity index (χ1v) is 7.86. The minimum atomic E-state index is -0.0101. The van der Waals surface area contributed by atoms with Crippen LogP contribution in [-0.2, 0) is 9.59 Å². The Morgan fingerprint density at radius 1 is 1.14 bits per heavy atom. The van der Waals surface area contributed by atoms with Gasteiger partial charge in [0.1, 0.15) is 0 Å². The highest BCUT2D eigenvalue weighted by atomic mass is 35.5. The zero-order chi connectivity index (χ0) is 14.8. The molecule has 0 unspecified atom stereocenters. The van der Waals surface area contributed by atoms with Crippen molar-refractivity contribution < 1.29 is 9.59 Å². The van der Waals surface area contributed by atoms with E-state index >= 15 is 0 Å². The molecule has 0 bridgehead atoms. The second kappa shape index (κ2) is 11.8. The molecule has 0 aromatic rings. The number of nitrogens with one attached hydrogen (secondary N) is 2. The van der Waals surface area contributed by atoms with Gasteiger partial charge < -0.3 is 15.5 Å². The molecule has 0 aliphatic carbocycles. The lowest BCUT2D eigenvalue weighted by Crippen LogP contribution is -2.39. The molecule has 0 aromatic heterocycles. The average molecular weight is 320 g/mol. The molecule has 0 saturated carbocycles. The van der Waals surface area contributed by atoms with E-state index in [0.717, 1.165) is 44.8 Å². The van der Waals surface area contributed by atoms with Crippen LogP contribution in [0.1, 0.15) is 45.4 Å². The zero-order valence-corrected chi connectivity index (χ0v) is 14.1. The summed E-state index contributed by atoms with van der Waals surface area (Å²) in [6.45, 7) is 5.47. The quantitative estimate of drug-likeness (QED) is 0.714. The number of halogens is 1. The number of piperidine rings is 1. The van der Waals surface area contributed by atoms with Gasteiger partial charge in [0, 0.05) is 32.5 Å². The summed E-state index contributed by atoms with van der Waals surface area (Å²) in [5.41, 5.74) is 0. The monoisotopic (exact) mass is 319 g/mol. The molecule has 1 heterocycles. The summed E-state index contributed by atoms with van der Waals surface area (Å²) in [7, 11) is 1.97. The fourth-order valence-electron chi connectivity index (χ4n) is 2.55. The van der Waals surface area contributed by atoms with Crippen LogP contribution in [0.25, 0.3) is 0 Å². The van der Waals surface area contributed by atoms with Gasteiger partial charge in [-0.05, 0) is 45.2 Å². The molecule has 0 spiro atoms. The maximum Gasteiger partial charge on any atom is 0.223 e. The van der Waals surface area contributed by atoms with Crippen LogP contribution < -0.4 is 10.6 Å². The third kappa shape index (κ3) is 8.27. The van der Waals surface area contributed by atoms with Crippen molar-refractivity contribution in [2.45, 2.75) is 45.4 Å². The van der Waals surface area contributed by atoms with Gasteiger partial charge in [0.15, 0.2) is 0 Å².